The summed E-state index contributed by atoms with van der Waals surface area (Å²) in [6.07, 6.45) is 6.16. The predicted molar refractivity (Wildman–Crippen MR) is 92.2 cm³/mol. The normalized spacial score (nSPS) is 14.5. The van der Waals surface area contributed by atoms with Crippen LogP contribution >= 0.6 is 0 Å². The van der Waals surface area contributed by atoms with E-state index in [9.17, 15) is 0 Å². The van der Waals surface area contributed by atoms with E-state index in [0.29, 0.717) is 0 Å². The SMILES string of the molecule is c1ccc(Cn2cc(CCNC3CC3)c3ccccc32)cc1. The smallest absolute Gasteiger partial charge is 0.0486 e. The second-order valence-corrected chi connectivity index (χ2v) is 6.26. The Bertz CT molecular complexity index is 754. The summed E-state index contributed by atoms with van der Waals surface area (Å²) in [4.78, 5) is 0. The molecule has 0 atom stereocenters. The predicted octanol–water partition coefficient (Wildman–Crippen LogP) is 3.98. The van der Waals surface area contributed by atoms with Gasteiger partial charge in [-0.1, -0.05) is 48.5 Å². The maximum absolute atomic E-state index is 3.62. The Balaban J connectivity index is 1.60. The minimum absolute atomic E-state index is 0.790. The zero-order valence-corrected chi connectivity index (χ0v) is 12.8. The van der Waals surface area contributed by atoms with Gasteiger partial charge in [0.1, 0.15) is 0 Å². The summed E-state index contributed by atoms with van der Waals surface area (Å²) < 4.78 is 2.39. The van der Waals surface area contributed by atoms with E-state index in [4.69, 9.17) is 0 Å². The lowest BCUT2D eigenvalue weighted by atomic mass is 10.1. The molecule has 1 heterocycles. The number of fused-ring (bicyclic) bond motifs is 1. The summed E-state index contributed by atoms with van der Waals surface area (Å²) in [5, 5.41) is 5.02. The van der Waals surface area contributed by atoms with E-state index >= 15 is 0 Å². The number of nitrogens with one attached hydrogen (secondary N) is 1. The molecule has 1 aliphatic rings. The number of nitrogens with zero attached hydrogens (tertiary/aromatic N) is 1. The maximum atomic E-state index is 3.62. The summed E-state index contributed by atoms with van der Waals surface area (Å²) >= 11 is 0. The molecular formula is C20H22N2. The molecule has 1 N–H and O–H groups in total. The molecule has 22 heavy (non-hydrogen) atoms. The molecule has 1 saturated carbocycles. The van der Waals surface area contributed by atoms with Crippen LogP contribution in [0.5, 0.6) is 0 Å². The summed E-state index contributed by atoms with van der Waals surface area (Å²) in [5.41, 5.74) is 4.15. The molecule has 4 rings (SSSR count). The number of rotatable bonds is 6. The van der Waals surface area contributed by atoms with Gasteiger partial charge in [0, 0.05) is 29.7 Å². The molecule has 0 spiro atoms. The first-order chi connectivity index (χ1) is 10.9. The van der Waals surface area contributed by atoms with E-state index < -0.39 is 0 Å². The minimum Gasteiger partial charge on any atom is -0.343 e. The van der Waals surface area contributed by atoms with Gasteiger partial charge in [0.15, 0.2) is 0 Å². The third kappa shape index (κ3) is 2.93. The first-order valence-electron chi connectivity index (χ1n) is 8.24. The van der Waals surface area contributed by atoms with Gasteiger partial charge in [-0.25, -0.2) is 0 Å². The van der Waals surface area contributed by atoms with Crippen LogP contribution in [0.25, 0.3) is 10.9 Å². The molecule has 0 saturated heterocycles. The Labute approximate surface area is 131 Å². The molecular weight excluding hydrogens is 268 g/mol. The highest BCUT2D eigenvalue weighted by molar-refractivity contribution is 5.84. The summed E-state index contributed by atoms with van der Waals surface area (Å²) in [7, 11) is 0. The molecule has 3 aromatic rings. The lowest BCUT2D eigenvalue weighted by Gasteiger charge is -2.05. The monoisotopic (exact) mass is 290 g/mol. The summed E-state index contributed by atoms with van der Waals surface area (Å²) in [5.74, 6) is 0. The van der Waals surface area contributed by atoms with Gasteiger partial charge in [-0.2, -0.15) is 0 Å². The van der Waals surface area contributed by atoms with Crippen molar-refractivity contribution < 1.29 is 0 Å². The third-order valence-corrected chi connectivity index (χ3v) is 4.47. The van der Waals surface area contributed by atoms with Crippen LogP contribution in [0.3, 0.4) is 0 Å². The average Bonchev–Trinajstić information content (AvgIpc) is 3.32. The number of para-hydroxylation sites is 1. The van der Waals surface area contributed by atoms with Crippen LogP contribution in [0.15, 0.2) is 60.8 Å². The molecule has 0 bridgehead atoms. The standard InChI is InChI=1S/C20H22N2/c1-2-6-16(7-3-1)14-22-15-17(12-13-21-18-10-11-18)19-8-4-5-9-20(19)22/h1-9,15,18,21H,10-14H2. The van der Waals surface area contributed by atoms with Crippen molar-refractivity contribution in [2.24, 2.45) is 0 Å². The number of benzene rings is 2. The quantitative estimate of drug-likeness (QED) is 0.726. The number of hydrogen-bond donors (Lipinski definition) is 1. The Hall–Kier alpha value is -2.06. The highest BCUT2D eigenvalue weighted by Gasteiger charge is 2.20. The first kappa shape index (κ1) is 13.6. The van der Waals surface area contributed by atoms with Gasteiger partial charge in [-0.15, -0.1) is 0 Å². The van der Waals surface area contributed by atoms with Crippen molar-refractivity contribution in [2.75, 3.05) is 6.54 Å². The van der Waals surface area contributed by atoms with Gasteiger partial charge in [-0.3, -0.25) is 0 Å². The minimum atomic E-state index is 0.790. The zero-order valence-electron chi connectivity index (χ0n) is 12.8. The van der Waals surface area contributed by atoms with Crippen LogP contribution in [0.2, 0.25) is 0 Å². The molecule has 1 aliphatic carbocycles. The molecule has 1 fully saturated rings. The van der Waals surface area contributed by atoms with Gasteiger partial charge in [0.2, 0.25) is 0 Å². The second kappa shape index (κ2) is 5.98. The lowest BCUT2D eigenvalue weighted by Crippen LogP contribution is -2.19. The molecule has 0 aliphatic heterocycles. The fraction of sp³-hybridized carbons (Fsp3) is 0.300. The molecule has 0 radical (unpaired) electrons. The van der Waals surface area contributed by atoms with Crippen molar-refractivity contribution in [3.05, 3.63) is 71.9 Å². The lowest BCUT2D eigenvalue weighted by molar-refractivity contribution is 0.682. The fourth-order valence-corrected chi connectivity index (χ4v) is 3.13. The topological polar surface area (TPSA) is 17.0 Å². The van der Waals surface area contributed by atoms with E-state index in [1.54, 1.807) is 0 Å². The summed E-state index contributed by atoms with van der Waals surface area (Å²) in [6.45, 7) is 2.03. The highest BCUT2D eigenvalue weighted by atomic mass is 15.0. The Morgan fingerprint density at radius 2 is 1.73 bits per heavy atom. The Kier molecular flexibility index (Phi) is 3.69. The fourth-order valence-electron chi connectivity index (χ4n) is 3.13. The average molecular weight is 290 g/mol. The van der Waals surface area contributed by atoms with Crippen molar-refractivity contribution >= 4 is 10.9 Å². The molecule has 1 aromatic heterocycles. The summed E-state index contributed by atoms with van der Waals surface area (Å²) in [6, 6.07) is 20.3. The van der Waals surface area contributed by atoms with Crippen molar-refractivity contribution in [1.82, 2.24) is 9.88 Å². The Morgan fingerprint density at radius 3 is 2.55 bits per heavy atom. The molecule has 0 amide bonds. The number of aromatic nitrogens is 1. The van der Waals surface area contributed by atoms with Crippen LogP contribution in [0.1, 0.15) is 24.0 Å². The van der Waals surface area contributed by atoms with Crippen LogP contribution < -0.4 is 5.32 Å². The van der Waals surface area contributed by atoms with Crippen LogP contribution in [0.4, 0.5) is 0 Å². The number of hydrogen-bond acceptors (Lipinski definition) is 1. The van der Waals surface area contributed by atoms with Crippen LogP contribution in [-0.2, 0) is 13.0 Å². The van der Waals surface area contributed by atoms with E-state index in [1.165, 1.54) is 34.9 Å². The van der Waals surface area contributed by atoms with E-state index in [2.05, 4.69) is 70.7 Å². The second-order valence-electron chi connectivity index (χ2n) is 6.26. The Morgan fingerprint density at radius 1 is 0.955 bits per heavy atom. The van der Waals surface area contributed by atoms with Gasteiger partial charge in [0.25, 0.3) is 0 Å². The van der Waals surface area contributed by atoms with Gasteiger partial charge in [0.05, 0.1) is 0 Å². The first-order valence-corrected chi connectivity index (χ1v) is 8.24. The highest BCUT2D eigenvalue weighted by Crippen LogP contribution is 2.23. The van der Waals surface area contributed by atoms with Crippen molar-refractivity contribution in [3.63, 3.8) is 0 Å². The van der Waals surface area contributed by atoms with Crippen molar-refractivity contribution in [3.8, 4) is 0 Å². The third-order valence-electron chi connectivity index (χ3n) is 4.47. The van der Waals surface area contributed by atoms with Crippen molar-refractivity contribution in [1.29, 1.82) is 0 Å². The van der Waals surface area contributed by atoms with Gasteiger partial charge < -0.3 is 9.88 Å². The zero-order chi connectivity index (χ0) is 14.8. The molecule has 112 valence electrons. The molecule has 0 unspecified atom stereocenters. The van der Waals surface area contributed by atoms with Gasteiger partial charge in [-0.05, 0) is 43.0 Å². The van der Waals surface area contributed by atoms with Crippen molar-refractivity contribution in [2.45, 2.75) is 31.8 Å². The van der Waals surface area contributed by atoms with Crippen LogP contribution in [0, 0.1) is 0 Å². The van der Waals surface area contributed by atoms with Crippen LogP contribution in [-0.4, -0.2) is 17.2 Å². The largest absolute Gasteiger partial charge is 0.343 e. The van der Waals surface area contributed by atoms with E-state index in [0.717, 1.165) is 25.6 Å². The molecule has 2 aromatic carbocycles. The molecule has 2 heteroatoms. The molecule has 2 nitrogen and oxygen atoms in total. The van der Waals surface area contributed by atoms with E-state index in [-0.39, 0.29) is 0 Å². The maximum Gasteiger partial charge on any atom is 0.0486 e. The van der Waals surface area contributed by atoms with E-state index in [1.807, 2.05) is 0 Å². The van der Waals surface area contributed by atoms with Gasteiger partial charge >= 0.3 is 0 Å².